The Morgan fingerprint density at radius 1 is 1.19 bits per heavy atom. The number of carbonyl (C=O) groups excluding carboxylic acids is 1. The van der Waals surface area contributed by atoms with E-state index in [0.29, 0.717) is 5.41 Å². The highest BCUT2D eigenvalue weighted by molar-refractivity contribution is 7.20. The van der Waals surface area contributed by atoms with Crippen LogP contribution in [0, 0.1) is 5.41 Å². The molecule has 1 atom stereocenters. The van der Waals surface area contributed by atoms with Crippen molar-refractivity contribution in [1.82, 2.24) is 10.3 Å². The lowest BCUT2D eigenvalue weighted by atomic mass is 9.56. The Labute approximate surface area is 216 Å². The Bertz CT molecular complexity index is 1400. The highest BCUT2D eigenvalue weighted by Gasteiger charge is 2.57. The maximum atomic E-state index is 13.3. The maximum Gasteiger partial charge on any atom is 0.261 e. The van der Waals surface area contributed by atoms with E-state index in [9.17, 15) is 9.90 Å². The largest absolute Gasteiger partial charge is 0.390 e. The van der Waals surface area contributed by atoms with Crippen LogP contribution in [-0.2, 0) is 6.42 Å². The molecule has 0 radical (unpaired) electrons. The molecule has 1 saturated carbocycles. The third-order valence-electron chi connectivity index (χ3n) is 8.04. The molecule has 1 aliphatic heterocycles. The molecule has 2 aliphatic rings. The van der Waals surface area contributed by atoms with Crippen LogP contribution in [0.15, 0.2) is 54.7 Å². The summed E-state index contributed by atoms with van der Waals surface area (Å²) in [7, 11) is 0. The molecule has 2 aromatic heterocycles. The Hall–Kier alpha value is -2.83. The van der Waals surface area contributed by atoms with Gasteiger partial charge in [0.05, 0.1) is 10.5 Å². The molecule has 6 rings (SSSR count). The summed E-state index contributed by atoms with van der Waals surface area (Å²) in [4.78, 5) is 19.9. The molecule has 1 saturated heterocycles. The molecule has 6 heteroatoms. The number of thiophene rings is 1. The number of hydrogen-bond donors (Lipinski definition) is 3. The summed E-state index contributed by atoms with van der Waals surface area (Å²) < 4.78 is 1.15. The molecule has 0 bridgehead atoms. The van der Waals surface area contributed by atoms with Crippen molar-refractivity contribution in [2.24, 2.45) is 5.41 Å². The lowest BCUT2D eigenvalue weighted by molar-refractivity contribution is -0.126. The molecule has 1 aliphatic carbocycles. The van der Waals surface area contributed by atoms with E-state index in [4.69, 9.17) is 0 Å². The van der Waals surface area contributed by atoms with E-state index in [1.54, 1.807) is 11.3 Å². The summed E-state index contributed by atoms with van der Waals surface area (Å²) in [5.41, 5.74) is 3.44. The van der Waals surface area contributed by atoms with E-state index >= 15 is 0 Å². The number of para-hydroxylation sites is 1. The van der Waals surface area contributed by atoms with Gasteiger partial charge in [0.1, 0.15) is 0 Å². The van der Waals surface area contributed by atoms with Gasteiger partial charge in [-0.05, 0) is 67.8 Å². The summed E-state index contributed by atoms with van der Waals surface area (Å²) in [6.07, 6.45) is 7.90. The van der Waals surface area contributed by atoms with Crippen LogP contribution >= 0.6 is 11.3 Å². The molecular weight excluding hydrogens is 466 g/mol. The fraction of sp³-hybridized carbons (Fsp3) is 0.433. The quantitative estimate of drug-likeness (QED) is 0.267. The second-order valence-corrected chi connectivity index (χ2v) is 12.5. The minimum Gasteiger partial charge on any atom is -0.390 e. The van der Waals surface area contributed by atoms with Gasteiger partial charge >= 0.3 is 0 Å². The van der Waals surface area contributed by atoms with Gasteiger partial charge in [-0.1, -0.05) is 44.0 Å². The first-order valence-corrected chi connectivity index (χ1v) is 14.0. The normalized spacial score (nSPS) is 18.8. The highest BCUT2D eigenvalue weighted by atomic mass is 32.1. The molecule has 3 N–H and O–H groups in total. The van der Waals surface area contributed by atoms with Gasteiger partial charge in [-0.2, -0.15) is 0 Å². The van der Waals surface area contributed by atoms with E-state index in [-0.39, 0.29) is 11.9 Å². The highest BCUT2D eigenvalue weighted by Crippen LogP contribution is 2.54. The zero-order valence-corrected chi connectivity index (χ0v) is 22.0. The summed E-state index contributed by atoms with van der Waals surface area (Å²) in [6.45, 7) is 6.17. The minimum atomic E-state index is -0.477. The van der Waals surface area contributed by atoms with Crippen LogP contribution in [0.3, 0.4) is 0 Å². The van der Waals surface area contributed by atoms with Crippen LogP contribution < -0.4 is 10.2 Å². The van der Waals surface area contributed by atoms with Crippen molar-refractivity contribution in [3.8, 4) is 0 Å². The molecule has 5 nitrogen and oxygen atoms in total. The SMILES string of the molecule is CCCCC(Cc1c[nH]c2ccccc12)NC(=O)c1cc2ccc(N3CC4(C3)CC(C)(O)C4)cc2s1. The Balaban J connectivity index is 1.15. The third kappa shape index (κ3) is 4.41. The Morgan fingerprint density at radius 3 is 2.78 bits per heavy atom. The van der Waals surface area contributed by atoms with Crippen LogP contribution in [0.1, 0.15) is 61.2 Å². The van der Waals surface area contributed by atoms with Crippen LogP contribution in [-0.4, -0.2) is 40.7 Å². The number of amides is 1. The van der Waals surface area contributed by atoms with Gasteiger partial charge in [0.15, 0.2) is 0 Å². The molecule has 1 unspecified atom stereocenters. The number of carbonyl (C=O) groups is 1. The van der Waals surface area contributed by atoms with E-state index in [0.717, 1.165) is 72.1 Å². The van der Waals surface area contributed by atoms with E-state index in [1.807, 2.05) is 19.1 Å². The number of unbranched alkanes of at least 4 members (excludes halogenated alkanes) is 1. The number of rotatable bonds is 8. The number of anilines is 1. The first kappa shape index (κ1) is 23.6. The molecule has 1 amide bonds. The van der Waals surface area contributed by atoms with Gasteiger partial charge < -0.3 is 20.3 Å². The number of hydrogen-bond acceptors (Lipinski definition) is 4. The van der Waals surface area contributed by atoms with Gasteiger partial charge in [0, 0.05) is 52.0 Å². The minimum absolute atomic E-state index is 0.0262. The zero-order chi connectivity index (χ0) is 24.9. The maximum absolute atomic E-state index is 13.3. The first-order valence-electron chi connectivity index (χ1n) is 13.2. The first-order chi connectivity index (χ1) is 17.3. The molecule has 3 heterocycles. The molecule has 4 aromatic rings. The predicted molar refractivity (Wildman–Crippen MR) is 149 cm³/mol. The van der Waals surface area contributed by atoms with E-state index in [2.05, 4.69) is 64.7 Å². The van der Waals surface area contributed by atoms with Gasteiger partial charge in [-0.15, -0.1) is 11.3 Å². The molecule has 36 heavy (non-hydrogen) atoms. The number of aromatic amines is 1. The predicted octanol–water partition coefficient (Wildman–Crippen LogP) is 6.27. The van der Waals surface area contributed by atoms with Crippen LogP contribution in [0.5, 0.6) is 0 Å². The summed E-state index contributed by atoms with van der Waals surface area (Å²) >= 11 is 1.58. The number of H-pyrrole nitrogens is 1. The van der Waals surface area contributed by atoms with Crippen LogP contribution in [0.2, 0.25) is 0 Å². The molecular formula is C30H35N3O2S. The number of fused-ring (bicyclic) bond motifs is 2. The standard InChI is InChI=1S/C30H35N3O2S/c1-3-4-7-22(12-21-15-31-25-9-6-5-8-24(21)25)32-28(34)27-13-20-10-11-23(14-26(20)36-27)33-18-30(19-33)16-29(2,35)17-30/h5-6,8-11,13-15,22,31,35H,3-4,7,12,16-19H2,1-2H3,(H,32,34). The smallest absolute Gasteiger partial charge is 0.261 e. The molecule has 2 aromatic carbocycles. The lowest BCUT2D eigenvalue weighted by Gasteiger charge is -2.62. The summed E-state index contributed by atoms with van der Waals surface area (Å²) in [5.74, 6) is 0.0262. The summed E-state index contributed by atoms with van der Waals surface area (Å²) in [6, 6.07) is 17.0. The second kappa shape index (κ2) is 8.93. The average Bonchev–Trinajstić information content (AvgIpc) is 3.43. The van der Waals surface area contributed by atoms with Gasteiger partial charge in [0.25, 0.3) is 5.91 Å². The van der Waals surface area contributed by atoms with Crippen molar-refractivity contribution >= 4 is 43.9 Å². The lowest BCUT2D eigenvalue weighted by Crippen LogP contribution is -2.67. The topological polar surface area (TPSA) is 68.4 Å². The van der Waals surface area contributed by atoms with Gasteiger partial charge in [-0.3, -0.25) is 4.79 Å². The van der Waals surface area contributed by atoms with E-state index < -0.39 is 5.60 Å². The summed E-state index contributed by atoms with van der Waals surface area (Å²) in [5, 5.41) is 15.8. The molecule has 188 valence electrons. The van der Waals surface area contributed by atoms with Crippen molar-refractivity contribution in [1.29, 1.82) is 0 Å². The monoisotopic (exact) mass is 501 g/mol. The van der Waals surface area contributed by atoms with E-state index in [1.165, 1.54) is 16.6 Å². The van der Waals surface area contributed by atoms with Crippen LogP contribution in [0.4, 0.5) is 5.69 Å². The third-order valence-corrected chi connectivity index (χ3v) is 9.14. The Kier molecular flexibility index (Phi) is 5.84. The molecule has 2 fully saturated rings. The van der Waals surface area contributed by atoms with Crippen molar-refractivity contribution in [2.45, 2.75) is 64.0 Å². The number of benzene rings is 2. The average molecular weight is 502 g/mol. The zero-order valence-electron chi connectivity index (χ0n) is 21.1. The van der Waals surface area contributed by atoms with Crippen molar-refractivity contribution in [2.75, 3.05) is 18.0 Å². The second-order valence-electron chi connectivity index (χ2n) is 11.4. The van der Waals surface area contributed by atoms with Crippen molar-refractivity contribution in [3.63, 3.8) is 0 Å². The fourth-order valence-corrected chi connectivity index (χ4v) is 7.56. The number of aliphatic hydroxyl groups is 1. The van der Waals surface area contributed by atoms with Crippen LogP contribution in [0.25, 0.3) is 21.0 Å². The number of nitrogens with zero attached hydrogens (tertiary/aromatic N) is 1. The fourth-order valence-electron chi connectivity index (χ4n) is 6.56. The number of nitrogens with one attached hydrogen (secondary N) is 2. The Morgan fingerprint density at radius 2 is 2.00 bits per heavy atom. The van der Waals surface area contributed by atoms with Crippen molar-refractivity contribution in [3.05, 3.63) is 65.2 Å². The molecule has 1 spiro atoms. The van der Waals surface area contributed by atoms with Crippen molar-refractivity contribution < 1.29 is 9.90 Å². The van der Waals surface area contributed by atoms with Gasteiger partial charge in [-0.25, -0.2) is 0 Å². The number of aromatic nitrogens is 1. The van der Waals surface area contributed by atoms with Gasteiger partial charge in [0.2, 0.25) is 0 Å².